The first kappa shape index (κ1) is 15.0. The van der Waals surface area contributed by atoms with Gasteiger partial charge in [-0.25, -0.2) is 0 Å². The topological polar surface area (TPSA) is 18.5 Å². The van der Waals surface area contributed by atoms with E-state index >= 15 is 0 Å². The van der Waals surface area contributed by atoms with Gasteiger partial charge in [-0.1, -0.05) is 46.5 Å². The van der Waals surface area contributed by atoms with E-state index in [-0.39, 0.29) is 7.12 Å². The van der Waals surface area contributed by atoms with Gasteiger partial charge in [0.15, 0.2) is 0 Å². The summed E-state index contributed by atoms with van der Waals surface area (Å²) in [6.45, 7) is 8.26. The van der Waals surface area contributed by atoms with E-state index in [0.717, 1.165) is 32.4 Å². The highest BCUT2D eigenvalue weighted by Gasteiger charge is 2.16. The van der Waals surface area contributed by atoms with E-state index in [9.17, 15) is 0 Å². The molecule has 0 rings (SSSR count). The fourth-order valence-corrected chi connectivity index (χ4v) is 1.30. The number of unbranched alkanes of at least 4 members (excludes halogenated alkanes) is 3. The van der Waals surface area contributed by atoms with E-state index < -0.39 is 0 Å². The molecule has 0 amide bonds. The molecule has 15 heavy (non-hydrogen) atoms. The van der Waals surface area contributed by atoms with Crippen molar-refractivity contribution >= 4 is 7.12 Å². The summed E-state index contributed by atoms with van der Waals surface area (Å²) in [5.41, 5.74) is 0. The Balaban J connectivity index is 3.53. The average Bonchev–Trinajstić information content (AvgIpc) is 2.25. The predicted molar refractivity (Wildman–Crippen MR) is 67.2 cm³/mol. The molecule has 0 bridgehead atoms. The summed E-state index contributed by atoms with van der Waals surface area (Å²) in [4.78, 5) is 0. The molecule has 90 valence electrons. The molecule has 0 radical (unpaired) electrons. The maximum atomic E-state index is 5.71. The molecule has 3 heteroatoms. The van der Waals surface area contributed by atoms with Crippen molar-refractivity contribution in [2.45, 2.75) is 65.6 Å². The molecule has 0 aliphatic heterocycles. The van der Waals surface area contributed by atoms with Gasteiger partial charge >= 0.3 is 7.12 Å². The molecule has 0 aliphatic rings. The van der Waals surface area contributed by atoms with Crippen LogP contribution in [0.5, 0.6) is 0 Å². The number of rotatable bonds is 11. The first-order valence-corrected chi connectivity index (χ1v) is 6.58. The Hall–Kier alpha value is -0.0151. The van der Waals surface area contributed by atoms with Crippen molar-refractivity contribution in [3.8, 4) is 0 Å². The minimum absolute atomic E-state index is 0.0445. The molecular weight excluding hydrogens is 187 g/mol. The largest absolute Gasteiger partial charge is 0.456 e. The zero-order valence-corrected chi connectivity index (χ0v) is 10.8. The molecular formula is C12H27BO2. The minimum Gasteiger partial charge on any atom is -0.411 e. The van der Waals surface area contributed by atoms with Gasteiger partial charge in [0.05, 0.1) is 0 Å². The van der Waals surface area contributed by atoms with Gasteiger partial charge in [0, 0.05) is 13.2 Å². The van der Waals surface area contributed by atoms with Gasteiger partial charge in [-0.15, -0.1) is 0 Å². The number of hydrogen-bond acceptors (Lipinski definition) is 2. The highest BCUT2D eigenvalue weighted by atomic mass is 16.6. The van der Waals surface area contributed by atoms with Crippen molar-refractivity contribution in [1.82, 2.24) is 0 Å². The van der Waals surface area contributed by atoms with Crippen molar-refractivity contribution in [1.29, 1.82) is 0 Å². The Kier molecular flexibility index (Phi) is 12.0. The number of hydrogen-bond donors (Lipinski definition) is 0. The molecule has 0 aliphatic carbocycles. The van der Waals surface area contributed by atoms with Crippen LogP contribution in [-0.2, 0) is 9.31 Å². The van der Waals surface area contributed by atoms with Crippen LogP contribution in [-0.4, -0.2) is 20.3 Å². The summed E-state index contributed by atoms with van der Waals surface area (Å²) in [5.74, 6) is 0. The van der Waals surface area contributed by atoms with E-state index in [1.807, 2.05) is 0 Å². The second-order valence-corrected chi connectivity index (χ2v) is 4.02. The van der Waals surface area contributed by atoms with Crippen LogP contribution in [0.15, 0.2) is 0 Å². The third-order valence-corrected chi connectivity index (χ3v) is 2.40. The Morgan fingerprint density at radius 2 is 1.20 bits per heavy atom. The van der Waals surface area contributed by atoms with Crippen molar-refractivity contribution in [2.24, 2.45) is 0 Å². The predicted octanol–water partition coefficient (Wildman–Crippen LogP) is 3.91. The Morgan fingerprint density at radius 3 is 1.60 bits per heavy atom. The van der Waals surface area contributed by atoms with Crippen LogP contribution in [0.25, 0.3) is 0 Å². The second kappa shape index (κ2) is 12.1. The molecule has 2 nitrogen and oxygen atoms in total. The van der Waals surface area contributed by atoms with Gasteiger partial charge in [-0.3, -0.25) is 0 Å². The zero-order chi connectivity index (χ0) is 11.4. The lowest BCUT2D eigenvalue weighted by Gasteiger charge is -2.14. The van der Waals surface area contributed by atoms with Gasteiger partial charge in [-0.2, -0.15) is 0 Å². The molecule has 0 aromatic rings. The monoisotopic (exact) mass is 214 g/mol. The molecule has 0 aromatic carbocycles. The molecule has 0 N–H and O–H groups in total. The highest BCUT2D eigenvalue weighted by molar-refractivity contribution is 6.44. The van der Waals surface area contributed by atoms with Crippen LogP contribution >= 0.6 is 0 Å². The summed E-state index contributed by atoms with van der Waals surface area (Å²) in [6, 6.07) is 0. The second-order valence-electron chi connectivity index (χ2n) is 4.02. The lowest BCUT2D eigenvalue weighted by atomic mass is 9.82. The smallest absolute Gasteiger partial charge is 0.411 e. The Labute approximate surface area is 95.9 Å². The molecule has 0 unspecified atom stereocenters. The summed E-state index contributed by atoms with van der Waals surface area (Å²) in [7, 11) is 0.0445. The van der Waals surface area contributed by atoms with Crippen LogP contribution in [0.3, 0.4) is 0 Å². The van der Waals surface area contributed by atoms with E-state index in [4.69, 9.17) is 9.31 Å². The Bertz CT molecular complexity index is 110. The molecule has 0 saturated heterocycles. The van der Waals surface area contributed by atoms with Gasteiger partial charge in [0.2, 0.25) is 0 Å². The molecule has 0 fully saturated rings. The van der Waals surface area contributed by atoms with Crippen molar-refractivity contribution in [3.63, 3.8) is 0 Å². The molecule has 0 aromatic heterocycles. The SMILES string of the molecule is CCCCOB(CCCC)OCCCC. The average molecular weight is 214 g/mol. The van der Waals surface area contributed by atoms with Crippen LogP contribution in [0, 0.1) is 0 Å². The standard InChI is InChI=1S/C12H27BO2/c1-4-7-10-13(14-11-8-5-2)15-12-9-6-3/h4-12H2,1-3H3. The van der Waals surface area contributed by atoms with E-state index in [1.54, 1.807) is 0 Å². The highest BCUT2D eigenvalue weighted by Crippen LogP contribution is 2.06. The molecule has 0 spiro atoms. The van der Waals surface area contributed by atoms with Crippen LogP contribution < -0.4 is 0 Å². The Morgan fingerprint density at radius 1 is 0.733 bits per heavy atom. The van der Waals surface area contributed by atoms with Gasteiger partial charge in [0.25, 0.3) is 0 Å². The fraction of sp³-hybridized carbons (Fsp3) is 1.00. The lowest BCUT2D eigenvalue weighted by molar-refractivity contribution is 0.190. The van der Waals surface area contributed by atoms with Gasteiger partial charge in [-0.05, 0) is 19.2 Å². The van der Waals surface area contributed by atoms with Crippen molar-refractivity contribution < 1.29 is 9.31 Å². The molecule has 0 atom stereocenters. The van der Waals surface area contributed by atoms with Crippen LogP contribution in [0.1, 0.15) is 59.3 Å². The van der Waals surface area contributed by atoms with E-state index in [1.165, 1.54) is 25.7 Å². The fourth-order valence-electron chi connectivity index (χ4n) is 1.30. The van der Waals surface area contributed by atoms with E-state index in [0.29, 0.717) is 0 Å². The lowest BCUT2D eigenvalue weighted by Crippen LogP contribution is -2.23. The minimum atomic E-state index is 0.0445. The summed E-state index contributed by atoms with van der Waals surface area (Å²) in [6.07, 6.45) is 8.11. The first-order chi connectivity index (χ1) is 7.35. The van der Waals surface area contributed by atoms with Gasteiger partial charge in [0.1, 0.15) is 0 Å². The summed E-state index contributed by atoms with van der Waals surface area (Å²) in [5, 5.41) is 0. The third-order valence-electron chi connectivity index (χ3n) is 2.40. The normalized spacial score (nSPS) is 10.6. The third kappa shape index (κ3) is 10.3. The zero-order valence-electron chi connectivity index (χ0n) is 10.8. The summed E-state index contributed by atoms with van der Waals surface area (Å²) >= 11 is 0. The maximum Gasteiger partial charge on any atom is 0.456 e. The summed E-state index contributed by atoms with van der Waals surface area (Å²) < 4.78 is 11.4. The first-order valence-electron chi connectivity index (χ1n) is 6.58. The quantitative estimate of drug-likeness (QED) is 0.383. The van der Waals surface area contributed by atoms with Crippen LogP contribution in [0.2, 0.25) is 6.32 Å². The van der Waals surface area contributed by atoms with Crippen molar-refractivity contribution in [3.05, 3.63) is 0 Å². The molecule has 0 heterocycles. The van der Waals surface area contributed by atoms with E-state index in [2.05, 4.69) is 20.8 Å². The van der Waals surface area contributed by atoms with Crippen molar-refractivity contribution in [2.75, 3.05) is 13.2 Å². The molecule has 0 saturated carbocycles. The maximum absolute atomic E-state index is 5.71. The van der Waals surface area contributed by atoms with Crippen LogP contribution in [0.4, 0.5) is 0 Å². The van der Waals surface area contributed by atoms with Gasteiger partial charge < -0.3 is 9.31 Å².